The van der Waals surface area contributed by atoms with E-state index in [0.29, 0.717) is 6.10 Å². The van der Waals surface area contributed by atoms with Crippen molar-refractivity contribution in [1.82, 2.24) is 9.55 Å². The van der Waals surface area contributed by atoms with Crippen LogP contribution in [0.2, 0.25) is 0 Å². The lowest BCUT2D eigenvalue weighted by Gasteiger charge is -2.14. The molecule has 0 aliphatic carbocycles. The van der Waals surface area contributed by atoms with Crippen LogP contribution in [0.5, 0.6) is 0 Å². The van der Waals surface area contributed by atoms with Crippen LogP contribution < -0.4 is 4.90 Å². The van der Waals surface area contributed by atoms with Gasteiger partial charge in [0.25, 0.3) is 0 Å². The van der Waals surface area contributed by atoms with Gasteiger partial charge in [-0.05, 0) is 13.8 Å². The molecule has 4 nitrogen and oxygen atoms in total. The molecular weight excluding hydrogens is 178 g/mol. The van der Waals surface area contributed by atoms with Crippen LogP contribution in [0.15, 0.2) is 12.4 Å². The minimum atomic E-state index is 0.293. The first-order valence-corrected chi connectivity index (χ1v) is 4.91. The quantitative estimate of drug-likeness (QED) is 0.714. The molecule has 0 N–H and O–H groups in total. The van der Waals surface area contributed by atoms with Crippen molar-refractivity contribution in [3.63, 3.8) is 0 Å². The average Bonchev–Trinajstić information content (AvgIpc) is 2.51. The zero-order chi connectivity index (χ0) is 10.6. The Morgan fingerprint density at radius 2 is 2.21 bits per heavy atom. The largest absolute Gasteiger partial charge is 0.377 e. The fraction of sp³-hybridized carbons (Fsp3) is 0.700. The van der Waals surface area contributed by atoms with Crippen molar-refractivity contribution < 1.29 is 4.74 Å². The van der Waals surface area contributed by atoms with Crippen molar-refractivity contribution in [2.45, 2.75) is 26.5 Å². The highest BCUT2D eigenvalue weighted by molar-refractivity contribution is 5.27. The van der Waals surface area contributed by atoms with E-state index in [2.05, 4.69) is 9.55 Å². The Kier molecular flexibility index (Phi) is 3.95. The summed E-state index contributed by atoms with van der Waals surface area (Å²) in [5.74, 6) is 0.970. The molecule has 1 heterocycles. The van der Waals surface area contributed by atoms with Gasteiger partial charge in [-0.1, -0.05) is 0 Å². The molecule has 0 unspecified atom stereocenters. The van der Waals surface area contributed by atoms with Crippen molar-refractivity contribution in [3.8, 4) is 0 Å². The van der Waals surface area contributed by atoms with Crippen molar-refractivity contribution in [2.75, 3.05) is 25.6 Å². The normalized spacial score (nSPS) is 10.9. The van der Waals surface area contributed by atoms with Crippen LogP contribution in [0, 0.1) is 0 Å². The van der Waals surface area contributed by atoms with Gasteiger partial charge in [0.15, 0.2) is 0 Å². The third kappa shape index (κ3) is 3.03. The van der Waals surface area contributed by atoms with E-state index in [9.17, 15) is 0 Å². The Morgan fingerprint density at radius 3 is 2.79 bits per heavy atom. The highest BCUT2D eigenvalue weighted by atomic mass is 16.5. The minimum Gasteiger partial charge on any atom is -0.377 e. The fourth-order valence-corrected chi connectivity index (χ4v) is 1.25. The maximum absolute atomic E-state index is 5.48. The van der Waals surface area contributed by atoms with Gasteiger partial charge in [0, 0.05) is 33.0 Å². The molecule has 0 saturated heterocycles. The van der Waals surface area contributed by atoms with E-state index < -0.39 is 0 Å². The zero-order valence-corrected chi connectivity index (χ0v) is 9.40. The summed E-state index contributed by atoms with van der Waals surface area (Å²) in [5.41, 5.74) is 0. The molecule has 0 saturated carbocycles. The molecule has 0 fully saturated rings. The molecule has 0 radical (unpaired) electrons. The molecule has 0 aliphatic heterocycles. The number of hydrogen-bond donors (Lipinski definition) is 0. The molecule has 80 valence electrons. The maximum atomic E-state index is 5.48. The molecule has 14 heavy (non-hydrogen) atoms. The third-order valence-electron chi connectivity index (χ3n) is 1.88. The Morgan fingerprint density at radius 1 is 1.50 bits per heavy atom. The van der Waals surface area contributed by atoms with Crippen LogP contribution in [-0.4, -0.2) is 36.4 Å². The van der Waals surface area contributed by atoms with Crippen molar-refractivity contribution >= 4 is 5.95 Å². The Hall–Kier alpha value is -1.03. The molecule has 0 aromatic carbocycles. The molecule has 4 heteroatoms. The molecule has 0 amide bonds. The standard InChI is InChI=1S/C10H19N3O/c1-9(2)14-8-7-13-6-5-11-10(13)12(3)4/h5-6,9H,7-8H2,1-4H3. The maximum Gasteiger partial charge on any atom is 0.204 e. The van der Waals surface area contributed by atoms with E-state index in [1.165, 1.54) is 0 Å². The molecule has 1 rings (SSSR count). The van der Waals surface area contributed by atoms with Gasteiger partial charge >= 0.3 is 0 Å². The van der Waals surface area contributed by atoms with Gasteiger partial charge in [-0.25, -0.2) is 4.98 Å². The summed E-state index contributed by atoms with van der Waals surface area (Å²) >= 11 is 0. The number of aromatic nitrogens is 2. The smallest absolute Gasteiger partial charge is 0.204 e. The number of hydrogen-bond acceptors (Lipinski definition) is 3. The molecule has 0 bridgehead atoms. The zero-order valence-electron chi connectivity index (χ0n) is 9.40. The summed E-state index contributed by atoms with van der Waals surface area (Å²) in [7, 11) is 3.98. The molecule has 0 aliphatic rings. The molecule has 1 aromatic rings. The first-order valence-electron chi connectivity index (χ1n) is 4.91. The summed E-state index contributed by atoms with van der Waals surface area (Å²) in [6.07, 6.45) is 4.07. The van der Waals surface area contributed by atoms with Gasteiger partial charge in [0.1, 0.15) is 0 Å². The number of imidazole rings is 1. The van der Waals surface area contributed by atoms with Crippen molar-refractivity contribution in [1.29, 1.82) is 0 Å². The van der Waals surface area contributed by atoms with Crippen LogP contribution in [0.1, 0.15) is 13.8 Å². The summed E-state index contributed by atoms with van der Waals surface area (Å²) in [6.45, 7) is 5.67. The van der Waals surface area contributed by atoms with E-state index in [0.717, 1.165) is 19.1 Å². The summed E-state index contributed by atoms with van der Waals surface area (Å²) in [5, 5.41) is 0. The number of rotatable bonds is 5. The molecule has 0 spiro atoms. The van der Waals surface area contributed by atoms with Crippen LogP contribution in [0.3, 0.4) is 0 Å². The first kappa shape index (κ1) is 11.0. The van der Waals surface area contributed by atoms with Crippen LogP contribution >= 0.6 is 0 Å². The lowest BCUT2D eigenvalue weighted by atomic mass is 10.5. The van der Waals surface area contributed by atoms with Crippen LogP contribution in [0.4, 0.5) is 5.95 Å². The Balaban J connectivity index is 2.46. The van der Waals surface area contributed by atoms with E-state index in [4.69, 9.17) is 4.74 Å². The monoisotopic (exact) mass is 197 g/mol. The van der Waals surface area contributed by atoms with Gasteiger partial charge in [0.2, 0.25) is 5.95 Å². The topological polar surface area (TPSA) is 30.3 Å². The Bertz CT molecular complexity index is 268. The second-order valence-electron chi connectivity index (χ2n) is 3.73. The van der Waals surface area contributed by atoms with Crippen LogP contribution in [-0.2, 0) is 11.3 Å². The summed E-state index contributed by atoms with van der Waals surface area (Å²) in [4.78, 5) is 6.24. The van der Waals surface area contributed by atoms with Gasteiger partial charge in [-0.15, -0.1) is 0 Å². The number of nitrogens with zero attached hydrogens (tertiary/aromatic N) is 3. The highest BCUT2D eigenvalue weighted by Crippen LogP contribution is 2.07. The number of ether oxygens (including phenoxy) is 1. The predicted octanol–water partition coefficient (Wildman–Crippen LogP) is 1.37. The fourth-order valence-electron chi connectivity index (χ4n) is 1.25. The molecule has 1 aromatic heterocycles. The third-order valence-corrected chi connectivity index (χ3v) is 1.88. The van der Waals surface area contributed by atoms with Gasteiger partial charge in [0.05, 0.1) is 12.7 Å². The first-order chi connectivity index (χ1) is 6.61. The van der Waals surface area contributed by atoms with E-state index in [1.807, 2.05) is 45.2 Å². The Labute approximate surface area is 85.5 Å². The van der Waals surface area contributed by atoms with E-state index in [-0.39, 0.29) is 0 Å². The van der Waals surface area contributed by atoms with E-state index >= 15 is 0 Å². The predicted molar refractivity (Wildman–Crippen MR) is 57.6 cm³/mol. The number of anilines is 1. The summed E-state index contributed by atoms with van der Waals surface area (Å²) < 4.78 is 7.57. The second-order valence-corrected chi connectivity index (χ2v) is 3.73. The highest BCUT2D eigenvalue weighted by Gasteiger charge is 2.03. The van der Waals surface area contributed by atoms with Crippen molar-refractivity contribution in [3.05, 3.63) is 12.4 Å². The SMILES string of the molecule is CC(C)OCCn1ccnc1N(C)C. The van der Waals surface area contributed by atoms with Crippen LogP contribution in [0.25, 0.3) is 0 Å². The minimum absolute atomic E-state index is 0.293. The average molecular weight is 197 g/mol. The van der Waals surface area contributed by atoms with Gasteiger partial charge < -0.3 is 14.2 Å². The van der Waals surface area contributed by atoms with Gasteiger partial charge in [-0.2, -0.15) is 0 Å². The molecule has 0 atom stereocenters. The lowest BCUT2D eigenvalue weighted by Crippen LogP contribution is -2.17. The molecular formula is C10H19N3O. The van der Waals surface area contributed by atoms with Gasteiger partial charge in [-0.3, -0.25) is 0 Å². The summed E-state index contributed by atoms with van der Waals surface area (Å²) in [6, 6.07) is 0. The van der Waals surface area contributed by atoms with E-state index in [1.54, 1.807) is 0 Å². The lowest BCUT2D eigenvalue weighted by molar-refractivity contribution is 0.0729. The second kappa shape index (κ2) is 5.00. The van der Waals surface area contributed by atoms with Crippen molar-refractivity contribution in [2.24, 2.45) is 0 Å².